The van der Waals surface area contributed by atoms with Crippen molar-refractivity contribution >= 4 is 21.5 Å². The molecule has 0 aliphatic heterocycles. The summed E-state index contributed by atoms with van der Waals surface area (Å²) in [6.45, 7) is 2.42. The van der Waals surface area contributed by atoms with E-state index in [1.165, 1.54) is 0 Å². The van der Waals surface area contributed by atoms with Crippen LogP contribution in [0.5, 0.6) is 11.5 Å². The van der Waals surface area contributed by atoms with Crippen molar-refractivity contribution in [3.05, 3.63) is 55.4 Å². The van der Waals surface area contributed by atoms with E-state index < -0.39 is 22.4 Å². The van der Waals surface area contributed by atoms with Crippen molar-refractivity contribution in [1.82, 2.24) is 10.6 Å². The second-order valence-electron chi connectivity index (χ2n) is 7.07. The van der Waals surface area contributed by atoms with Crippen LogP contribution < -0.4 is 32.2 Å². The van der Waals surface area contributed by atoms with Gasteiger partial charge in [-0.15, -0.1) is 0 Å². The number of aromatic hydroxyl groups is 2. The molecule has 0 unspecified atom stereocenters. The summed E-state index contributed by atoms with van der Waals surface area (Å²) < 4.78 is 0. The van der Waals surface area contributed by atoms with Gasteiger partial charge in [-0.2, -0.15) is 0 Å². The summed E-state index contributed by atoms with van der Waals surface area (Å²) in [5, 5.41) is 46.1. The minimum Gasteiger partial charge on any atom is -0.506 e. The Kier molecular flexibility index (Phi) is 8.01. The number of benzene rings is 3. The fourth-order valence-corrected chi connectivity index (χ4v) is 3.53. The molecule has 10 heteroatoms. The van der Waals surface area contributed by atoms with E-state index in [0.29, 0.717) is 50.0 Å². The van der Waals surface area contributed by atoms with Crippen LogP contribution in [0.2, 0.25) is 0 Å². The zero-order chi connectivity index (χ0) is 23.1. The van der Waals surface area contributed by atoms with Crippen LogP contribution in [0.1, 0.15) is 0 Å². The van der Waals surface area contributed by atoms with Gasteiger partial charge < -0.3 is 31.1 Å². The lowest BCUT2D eigenvalue weighted by molar-refractivity contribution is 0.293. The number of aliphatic hydroxyl groups is 2. The third-order valence-electron chi connectivity index (χ3n) is 4.96. The van der Waals surface area contributed by atoms with Crippen LogP contribution in [0.25, 0.3) is 21.5 Å². The molecule has 0 bridgehead atoms. The molecule has 0 heterocycles. The predicted octanol–water partition coefficient (Wildman–Crippen LogP) is -2.03. The van der Waals surface area contributed by atoms with Gasteiger partial charge in [0.05, 0.1) is 58.6 Å². The number of hydrogen-bond donors (Lipinski definition) is 6. The summed E-state index contributed by atoms with van der Waals surface area (Å²) in [6, 6.07) is 5.38. The van der Waals surface area contributed by atoms with Crippen LogP contribution in [-0.2, 0) is 0 Å². The molecule has 3 rings (SSSR count). The Morgan fingerprint density at radius 3 is 1.41 bits per heavy atom. The lowest BCUT2D eigenvalue weighted by Crippen LogP contribution is -2.23. The van der Waals surface area contributed by atoms with Crippen molar-refractivity contribution in [2.45, 2.75) is 0 Å². The first-order valence-electron chi connectivity index (χ1n) is 10.3. The van der Waals surface area contributed by atoms with E-state index in [1.807, 2.05) is 0 Å². The lowest BCUT2D eigenvalue weighted by Gasteiger charge is -2.10. The largest absolute Gasteiger partial charge is 0.506 e. The van der Waals surface area contributed by atoms with E-state index in [1.54, 1.807) is 12.1 Å². The highest BCUT2D eigenvalue weighted by molar-refractivity contribution is 6.10. The molecule has 0 aliphatic carbocycles. The Morgan fingerprint density at radius 1 is 0.625 bits per heavy atom. The second-order valence-corrected chi connectivity index (χ2v) is 7.07. The van der Waals surface area contributed by atoms with Gasteiger partial charge in [0.1, 0.15) is 11.5 Å². The van der Waals surface area contributed by atoms with Crippen LogP contribution in [-0.4, -0.2) is 72.9 Å². The van der Waals surface area contributed by atoms with Gasteiger partial charge in [0.15, 0.2) is 10.9 Å². The van der Waals surface area contributed by atoms with Gasteiger partial charge in [-0.3, -0.25) is 19.6 Å². The SMILES string of the molecule is O=c1ccc(=O)c2c(O)c3c(=NCCNCCO)ccc(=NCCNCCO)c3c(O)c12. The Balaban J connectivity index is 2.27. The summed E-state index contributed by atoms with van der Waals surface area (Å²) in [7, 11) is 0. The van der Waals surface area contributed by atoms with Crippen molar-refractivity contribution in [3.63, 3.8) is 0 Å². The topological polar surface area (TPSA) is 164 Å². The fraction of sp³-hybridized carbons (Fsp3) is 0.364. The van der Waals surface area contributed by atoms with Crippen LogP contribution in [0.15, 0.2) is 43.8 Å². The summed E-state index contributed by atoms with van der Waals surface area (Å²) in [4.78, 5) is 33.7. The van der Waals surface area contributed by atoms with Gasteiger partial charge in [-0.25, -0.2) is 0 Å². The van der Waals surface area contributed by atoms with Crippen molar-refractivity contribution in [1.29, 1.82) is 0 Å². The highest BCUT2D eigenvalue weighted by Crippen LogP contribution is 2.35. The van der Waals surface area contributed by atoms with Crippen molar-refractivity contribution in [2.75, 3.05) is 52.5 Å². The molecule has 32 heavy (non-hydrogen) atoms. The zero-order valence-corrected chi connectivity index (χ0v) is 17.5. The quantitative estimate of drug-likeness (QED) is 0.119. The number of hydrogen-bond acceptors (Lipinski definition) is 10. The predicted molar refractivity (Wildman–Crippen MR) is 120 cm³/mol. The van der Waals surface area contributed by atoms with E-state index in [2.05, 4.69) is 20.6 Å². The second kappa shape index (κ2) is 10.9. The van der Waals surface area contributed by atoms with Crippen LogP contribution >= 0.6 is 0 Å². The Hall–Kier alpha value is -3.18. The molecule has 3 aromatic rings. The third kappa shape index (κ3) is 4.83. The molecule has 170 valence electrons. The molecular formula is C22H26N4O6. The number of fused-ring (bicyclic) bond motifs is 2. The molecule has 3 aromatic carbocycles. The monoisotopic (exact) mass is 442 g/mol. The Morgan fingerprint density at radius 2 is 1.03 bits per heavy atom. The first kappa shape index (κ1) is 23.5. The molecule has 0 fully saturated rings. The normalized spacial score (nSPS) is 12.9. The summed E-state index contributed by atoms with van der Waals surface area (Å²) in [5.74, 6) is -0.846. The number of nitrogens with one attached hydrogen (secondary N) is 2. The van der Waals surface area contributed by atoms with E-state index in [9.17, 15) is 19.8 Å². The number of aliphatic hydroxyl groups excluding tert-OH is 2. The maximum Gasteiger partial charge on any atom is 0.190 e. The fourth-order valence-electron chi connectivity index (χ4n) is 3.53. The molecule has 0 aliphatic rings. The van der Waals surface area contributed by atoms with Crippen molar-refractivity contribution < 1.29 is 20.4 Å². The number of rotatable bonds is 10. The van der Waals surface area contributed by atoms with Crippen LogP contribution in [0.3, 0.4) is 0 Å². The minimum atomic E-state index is -0.583. The first-order chi connectivity index (χ1) is 15.5. The minimum absolute atomic E-state index is 0.00323. The smallest absolute Gasteiger partial charge is 0.190 e. The maximum absolute atomic E-state index is 12.4. The van der Waals surface area contributed by atoms with Crippen molar-refractivity contribution in [3.8, 4) is 11.5 Å². The molecule has 10 nitrogen and oxygen atoms in total. The number of phenols is 2. The van der Waals surface area contributed by atoms with Gasteiger partial charge in [0.2, 0.25) is 0 Å². The van der Waals surface area contributed by atoms with Gasteiger partial charge in [-0.1, -0.05) is 0 Å². The highest BCUT2D eigenvalue weighted by atomic mass is 16.3. The van der Waals surface area contributed by atoms with Gasteiger partial charge in [0, 0.05) is 26.2 Å². The standard InChI is InChI=1S/C22H26N4O6/c27-11-9-23-5-7-25-13-1-2-14(26-8-6-24-10-12-28)18-17(13)21(31)19-15(29)3-4-16(30)20(19)22(18)32/h1-4,23-24,27-28,31-32H,5-12H2. The average Bonchev–Trinajstić information content (AvgIpc) is 2.78. The summed E-state index contributed by atoms with van der Waals surface area (Å²) in [6.07, 6.45) is 0. The number of nitrogens with zero attached hydrogens (tertiary/aromatic N) is 2. The van der Waals surface area contributed by atoms with E-state index in [-0.39, 0.29) is 34.8 Å². The third-order valence-corrected chi connectivity index (χ3v) is 4.96. The molecular weight excluding hydrogens is 416 g/mol. The molecule has 0 saturated heterocycles. The average molecular weight is 442 g/mol. The summed E-state index contributed by atoms with van der Waals surface area (Å²) >= 11 is 0. The van der Waals surface area contributed by atoms with Gasteiger partial charge in [-0.05, 0) is 24.3 Å². The van der Waals surface area contributed by atoms with Crippen LogP contribution in [0, 0.1) is 0 Å². The Bertz CT molecular complexity index is 1230. The zero-order valence-electron chi connectivity index (χ0n) is 17.5. The van der Waals surface area contributed by atoms with E-state index in [0.717, 1.165) is 12.1 Å². The van der Waals surface area contributed by atoms with E-state index in [4.69, 9.17) is 10.2 Å². The van der Waals surface area contributed by atoms with E-state index >= 15 is 0 Å². The lowest BCUT2D eigenvalue weighted by atomic mass is 9.99. The van der Waals surface area contributed by atoms with Gasteiger partial charge >= 0.3 is 0 Å². The first-order valence-corrected chi connectivity index (χ1v) is 10.3. The molecule has 0 spiro atoms. The number of phenolic OH excluding ortho intramolecular Hbond substituents is 2. The van der Waals surface area contributed by atoms with Crippen LogP contribution in [0.4, 0.5) is 0 Å². The van der Waals surface area contributed by atoms with Gasteiger partial charge in [0.25, 0.3) is 0 Å². The molecule has 0 aromatic heterocycles. The molecule has 0 radical (unpaired) electrons. The molecule has 6 N–H and O–H groups in total. The summed E-state index contributed by atoms with van der Waals surface area (Å²) in [5.41, 5.74) is -1.17. The Labute approximate surface area is 182 Å². The van der Waals surface area contributed by atoms with Crippen molar-refractivity contribution in [2.24, 2.45) is 9.98 Å². The molecule has 0 amide bonds. The molecule has 0 saturated carbocycles. The highest BCUT2D eigenvalue weighted by Gasteiger charge is 2.20. The molecule has 0 atom stereocenters. The maximum atomic E-state index is 12.4.